The van der Waals surface area contributed by atoms with E-state index in [9.17, 15) is 9.59 Å². The van der Waals surface area contributed by atoms with Gasteiger partial charge in [0, 0.05) is 24.6 Å². The van der Waals surface area contributed by atoms with Crippen LogP contribution in [0.25, 0.3) is 0 Å². The summed E-state index contributed by atoms with van der Waals surface area (Å²) in [5.41, 5.74) is 0.413. The molecule has 0 heterocycles. The standard InChI is InChI=1S/C15H21NO5/c1-4-10(5-14(17)18)9-16-15(19)11-6-12(20-2)8-13(7-11)21-3/h6-8,10H,4-5,9H2,1-3H3,(H,16,19)(H,17,18). The van der Waals surface area contributed by atoms with Gasteiger partial charge in [0.05, 0.1) is 14.2 Å². The SMILES string of the molecule is CCC(CNC(=O)c1cc(OC)cc(OC)c1)CC(=O)O. The first-order valence-corrected chi connectivity index (χ1v) is 6.73. The molecule has 6 heteroatoms. The first-order chi connectivity index (χ1) is 9.99. The number of ether oxygens (including phenoxy) is 2. The van der Waals surface area contributed by atoms with E-state index in [1.54, 1.807) is 18.2 Å². The van der Waals surface area contributed by atoms with Crippen molar-refractivity contribution in [2.45, 2.75) is 19.8 Å². The molecule has 1 atom stereocenters. The highest BCUT2D eigenvalue weighted by molar-refractivity contribution is 5.95. The van der Waals surface area contributed by atoms with Gasteiger partial charge < -0.3 is 19.9 Å². The Bertz CT molecular complexity index is 479. The number of aliphatic carboxylic acids is 1. The Morgan fingerprint density at radius 2 is 1.76 bits per heavy atom. The molecule has 2 N–H and O–H groups in total. The third-order valence-corrected chi connectivity index (χ3v) is 3.21. The molecule has 1 aromatic rings. The minimum atomic E-state index is -0.862. The van der Waals surface area contributed by atoms with Gasteiger partial charge in [0.1, 0.15) is 11.5 Å². The van der Waals surface area contributed by atoms with Crippen LogP contribution >= 0.6 is 0 Å². The summed E-state index contributed by atoms with van der Waals surface area (Å²) in [5.74, 6) is -0.178. The lowest BCUT2D eigenvalue weighted by atomic mass is 10.0. The summed E-state index contributed by atoms with van der Waals surface area (Å²) < 4.78 is 10.2. The monoisotopic (exact) mass is 295 g/mol. The summed E-state index contributed by atoms with van der Waals surface area (Å²) in [7, 11) is 3.02. The largest absolute Gasteiger partial charge is 0.497 e. The van der Waals surface area contributed by atoms with Gasteiger partial charge in [-0.3, -0.25) is 9.59 Å². The van der Waals surface area contributed by atoms with Crippen LogP contribution in [0.3, 0.4) is 0 Å². The second kappa shape index (κ2) is 8.14. The molecule has 21 heavy (non-hydrogen) atoms. The summed E-state index contributed by atoms with van der Waals surface area (Å²) in [4.78, 5) is 22.8. The van der Waals surface area contributed by atoms with E-state index in [0.29, 0.717) is 30.0 Å². The second-order valence-electron chi connectivity index (χ2n) is 4.68. The van der Waals surface area contributed by atoms with Crippen LogP contribution in [0.4, 0.5) is 0 Å². The van der Waals surface area contributed by atoms with Crippen LogP contribution in [0.5, 0.6) is 11.5 Å². The van der Waals surface area contributed by atoms with Crippen LogP contribution in [0.2, 0.25) is 0 Å². The molecule has 0 radical (unpaired) electrons. The topological polar surface area (TPSA) is 84.9 Å². The average molecular weight is 295 g/mol. The number of methoxy groups -OCH3 is 2. The van der Waals surface area contributed by atoms with Crippen LogP contribution in [0.15, 0.2) is 18.2 Å². The summed E-state index contributed by atoms with van der Waals surface area (Å²) in [6.45, 7) is 2.22. The molecule has 0 aromatic heterocycles. The van der Waals surface area contributed by atoms with Crippen LogP contribution in [0.1, 0.15) is 30.1 Å². The first kappa shape index (κ1) is 16.8. The quantitative estimate of drug-likeness (QED) is 0.765. The molecule has 0 aliphatic heterocycles. The molecule has 0 fully saturated rings. The maximum Gasteiger partial charge on any atom is 0.303 e. The third-order valence-electron chi connectivity index (χ3n) is 3.21. The molecule has 6 nitrogen and oxygen atoms in total. The fourth-order valence-corrected chi connectivity index (χ4v) is 1.89. The number of carbonyl (C=O) groups excluding carboxylic acids is 1. The van der Waals surface area contributed by atoms with Gasteiger partial charge in [-0.15, -0.1) is 0 Å². The normalized spacial score (nSPS) is 11.6. The minimum Gasteiger partial charge on any atom is -0.497 e. The number of amides is 1. The summed E-state index contributed by atoms with van der Waals surface area (Å²) in [6, 6.07) is 4.89. The van der Waals surface area contributed by atoms with E-state index in [1.165, 1.54) is 14.2 Å². The Morgan fingerprint density at radius 3 is 2.19 bits per heavy atom. The number of nitrogens with one attached hydrogen (secondary N) is 1. The molecule has 1 unspecified atom stereocenters. The van der Waals surface area contributed by atoms with Gasteiger partial charge in [-0.2, -0.15) is 0 Å². The van der Waals surface area contributed by atoms with Gasteiger partial charge in [0.15, 0.2) is 0 Å². The molecule has 0 saturated heterocycles. The Hall–Kier alpha value is -2.24. The predicted molar refractivity (Wildman–Crippen MR) is 77.9 cm³/mol. The highest BCUT2D eigenvalue weighted by atomic mass is 16.5. The van der Waals surface area contributed by atoms with Crippen molar-refractivity contribution in [2.75, 3.05) is 20.8 Å². The number of benzene rings is 1. The molecular weight excluding hydrogens is 274 g/mol. The molecule has 0 aliphatic carbocycles. The van der Waals surface area contributed by atoms with Gasteiger partial charge in [0.2, 0.25) is 0 Å². The van der Waals surface area contributed by atoms with Crippen molar-refractivity contribution in [3.63, 3.8) is 0 Å². The van der Waals surface area contributed by atoms with Crippen LogP contribution in [-0.4, -0.2) is 37.7 Å². The molecule has 1 aromatic carbocycles. The van der Waals surface area contributed by atoms with Crippen LogP contribution in [0, 0.1) is 5.92 Å². The smallest absolute Gasteiger partial charge is 0.303 e. The van der Waals surface area contributed by atoms with Crippen molar-refractivity contribution in [2.24, 2.45) is 5.92 Å². The zero-order valence-corrected chi connectivity index (χ0v) is 12.5. The van der Waals surface area contributed by atoms with Crippen molar-refractivity contribution in [1.29, 1.82) is 0 Å². The fraction of sp³-hybridized carbons (Fsp3) is 0.467. The Kier molecular flexibility index (Phi) is 6.52. The maximum atomic E-state index is 12.1. The van der Waals surface area contributed by atoms with E-state index in [4.69, 9.17) is 14.6 Å². The van der Waals surface area contributed by atoms with Crippen molar-refractivity contribution in [3.8, 4) is 11.5 Å². The van der Waals surface area contributed by atoms with E-state index in [0.717, 1.165) is 0 Å². The predicted octanol–water partition coefficient (Wildman–Crippen LogP) is 1.93. The lowest BCUT2D eigenvalue weighted by Gasteiger charge is -2.14. The third kappa shape index (κ3) is 5.33. The van der Waals surface area contributed by atoms with E-state index < -0.39 is 5.97 Å². The molecule has 0 spiro atoms. The summed E-state index contributed by atoms with van der Waals surface area (Å²) in [6.07, 6.45) is 0.728. The van der Waals surface area contributed by atoms with Crippen LogP contribution < -0.4 is 14.8 Å². The molecule has 1 rings (SSSR count). The van der Waals surface area contributed by atoms with E-state index in [-0.39, 0.29) is 18.2 Å². The zero-order chi connectivity index (χ0) is 15.8. The highest BCUT2D eigenvalue weighted by Crippen LogP contribution is 2.22. The van der Waals surface area contributed by atoms with Crippen molar-refractivity contribution >= 4 is 11.9 Å². The first-order valence-electron chi connectivity index (χ1n) is 6.73. The number of carboxylic acids is 1. The lowest BCUT2D eigenvalue weighted by molar-refractivity contribution is -0.138. The highest BCUT2D eigenvalue weighted by Gasteiger charge is 2.14. The number of rotatable bonds is 8. The molecule has 0 aliphatic rings. The molecule has 116 valence electrons. The molecule has 0 saturated carbocycles. The Balaban J connectivity index is 2.72. The lowest BCUT2D eigenvalue weighted by Crippen LogP contribution is -2.30. The maximum absolute atomic E-state index is 12.1. The zero-order valence-electron chi connectivity index (χ0n) is 12.5. The van der Waals surface area contributed by atoms with Crippen LogP contribution in [-0.2, 0) is 4.79 Å². The summed E-state index contributed by atoms with van der Waals surface area (Å²) in [5, 5.41) is 11.5. The van der Waals surface area contributed by atoms with E-state index >= 15 is 0 Å². The number of carbonyl (C=O) groups is 2. The van der Waals surface area contributed by atoms with Gasteiger partial charge in [-0.1, -0.05) is 13.3 Å². The van der Waals surface area contributed by atoms with Gasteiger partial charge in [0.25, 0.3) is 5.91 Å². The van der Waals surface area contributed by atoms with Crippen molar-refractivity contribution in [1.82, 2.24) is 5.32 Å². The number of carboxylic acid groups (broad SMARTS) is 1. The van der Waals surface area contributed by atoms with E-state index in [1.807, 2.05) is 6.92 Å². The number of hydrogen-bond donors (Lipinski definition) is 2. The molecule has 0 bridgehead atoms. The van der Waals surface area contributed by atoms with Crippen molar-refractivity contribution < 1.29 is 24.2 Å². The Morgan fingerprint density at radius 1 is 1.19 bits per heavy atom. The van der Waals surface area contributed by atoms with Crippen molar-refractivity contribution in [3.05, 3.63) is 23.8 Å². The molecular formula is C15H21NO5. The average Bonchev–Trinajstić information content (AvgIpc) is 2.49. The minimum absolute atomic E-state index is 0.0399. The Labute approximate surface area is 124 Å². The van der Waals surface area contributed by atoms with Gasteiger partial charge in [-0.25, -0.2) is 0 Å². The van der Waals surface area contributed by atoms with E-state index in [2.05, 4.69) is 5.32 Å². The summed E-state index contributed by atoms with van der Waals surface area (Å²) >= 11 is 0. The fourth-order valence-electron chi connectivity index (χ4n) is 1.89. The van der Waals surface area contributed by atoms with Gasteiger partial charge in [-0.05, 0) is 18.1 Å². The molecule has 1 amide bonds. The number of hydrogen-bond acceptors (Lipinski definition) is 4. The van der Waals surface area contributed by atoms with Gasteiger partial charge >= 0.3 is 5.97 Å². The second-order valence-corrected chi connectivity index (χ2v) is 4.68.